The minimum absolute atomic E-state index is 0.507. The van der Waals surface area contributed by atoms with Crippen molar-refractivity contribution in [1.82, 2.24) is 9.55 Å². The lowest BCUT2D eigenvalue weighted by Gasteiger charge is -2.09. The third-order valence-corrected chi connectivity index (χ3v) is 4.46. The fourth-order valence-corrected chi connectivity index (χ4v) is 2.94. The lowest BCUT2D eigenvalue weighted by molar-refractivity contribution is 0.706. The van der Waals surface area contributed by atoms with Crippen molar-refractivity contribution in [3.63, 3.8) is 0 Å². The molecule has 0 aliphatic rings. The molecule has 0 spiro atoms. The van der Waals surface area contributed by atoms with E-state index in [0.717, 1.165) is 36.2 Å². The zero-order valence-electron chi connectivity index (χ0n) is 12.5. The molecule has 5 heteroatoms. The summed E-state index contributed by atoms with van der Waals surface area (Å²) in [4.78, 5) is 4.69. The average molecular weight is 344 g/mol. The van der Waals surface area contributed by atoms with Gasteiger partial charge in [0.25, 0.3) is 0 Å². The van der Waals surface area contributed by atoms with E-state index in [2.05, 4.69) is 22.8 Å². The summed E-state index contributed by atoms with van der Waals surface area (Å²) in [6.45, 7) is 0.719. The molecule has 0 bridgehead atoms. The smallest absolute Gasteiger partial charge is 0.110 e. The Kier molecular flexibility index (Phi) is 4.85. The number of unbranched alkanes of at least 4 members (excludes halogenated alkanes) is 1. The number of fused-ring (bicyclic) bond motifs is 1. The summed E-state index contributed by atoms with van der Waals surface area (Å²) >= 11 is 12.3. The van der Waals surface area contributed by atoms with E-state index in [9.17, 15) is 0 Å². The highest BCUT2D eigenvalue weighted by molar-refractivity contribution is 6.42. The lowest BCUT2D eigenvalue weighted by Crippen LogP contribution is -2.05. The number of hydrogen-bond donors (Lipinski definition) is 0. The van der Waals surface area contributed by atoms with Gasteiger partial charge in [0.05, 0.1) is 27.1 Å². The van der Waals surface area contributed by atoms with Crippen molar-refractivity contribution >= 4 is 34.2 Å². The van der Waals surface area contributed by atoms with Crippen molar-refractivity contribution in [3.05, 3.63) is 63.9 Å². The molecule has 0 amide bonds. The Labute approximate surface area is 145 Å². The monoisotopic (exact) mass is 343 g/mol. The quantitative estimate of drug-likeness (QED) is 0.594. The summed E-state index contributed by atoms with van der Waals surface area (Å²) in [6.07, 6.45) is 2.07. The Balaban J connectivity index is 2.05. The highest BCUT2D eigenvalue weighted by Gasteiger charge is 2.13. The second kappa shape index (κ2) is 7.04. The van der Waals surface area contributed by atoms with Gasteiger partial charge in [-0.3, -0.25) is 0 Å². The molecule has 0 aliphatic heterocycles. The summed E-state index contributed by atoms with van der Waals surface area (Å²) in [5.74, 6) is 0.956. The van der Waals surface area contributed by atoms with Crippen LogP contribution in [-0.2, 0) is 13.0 Å². The fraction of sp³-hybridized carbons (Fsp3) is 0.222. The van der Waals surface area contributed by atoms with Gasteiger partial charge in [-0.2, -0.15) is 5.26 Å². The van der Waals surface area contributed by atoms with Gasteiger partial charge >= 0.3 is 0 Å². The summed E-state index contributed by atoms with van der Waals surface area (Å²) in [5.41, 5.74) is 3.00. The van der Waals surface area contributed by atoms with Gasteiger partial charge in [0, 0.05) is 19.4 Å². The second-order valence-corrected chi connectivity index (χ2v) is 6.18. The zero-order chi connectivity index (χ0) is 16.2. The number of aryl methyl sites for hydroxylation is 1. The molecule has 0 radical (unpaired) electrons. The van der Waals surface area contributed by atoms with E-state index in [1.807, 2.05) is 24.3 Å². The number of nitriles is 1. The van der Waals surface area contributed by atoms with Gasteiger partial charge in [-0.25, -0.2) is 4.98 Å². The first-order valence-electron chi connectivity index (χ1n) is 7.44. The SMILES string of the molecule is N#CCCCc1nc2cc(Cl)c(Cl)cc2n1Cc1ccccc1. The Morgan fingerprint density at radius 1 is 1.09 bits per heavy atom. The summed E-state index contributed by atoms with van der Waals surface area (Å²) in [6, 6.07) is 16.1. The van der Waals surface area contributed by atoms with Gasteiger partial charge in [-0.15, -0.1) is 0 Å². The molecule has 0 saturated heterocycles. The van der Waals surface area contributed by atoms with E-state index in [1.54, 1.807) is 6.07 Å². The maximum atomic E-state index is 8.75. The number of benzene rings is 2. The standard InChI is InChI=1S/C18H15Cl2N3/c19-14-10-16-17(11-15(14)20)23(12-13-6-2-1-3-7-13)18(22-16)8-4-5-9-21/h1-3,6-7,10-11H,4-5,8,12H2. The minimum atomic E-state index is 0.507. The van der Waals surface area contributed by atoms with Gasteiger partial charge in [-0.05, 0) is 24.1 Å². The summed E-state index contributed by atoms with van der Waals surface area (Å²) in [5, 5.41) is 9.78. The first-order chi connectivity index (χ1) is 11.2. The number of nitrogens with zero attached hydrogens (tertiary/aromatic N) is 3. The normalized spacial score (nSPS) is 10.8. The minimum Gasteiger partial charge on any atom is -0.323 e. The number of imidazole rings is 1. The maximum absolute atomic E-state index is 8.75. The third-order valence-electron chi connectivity index (χ3n) is 3.74. The molecule has 3 aromatic rings. The number of rotatable bonds is 5. The van der Waals surface area contributed by atoms with Crippen molar-refractivity contribution in [3.8, 4) is 6.07 Å². The predicted molar refractivity (Wildman–Crippen MR) is 93.8 cm³/mol. The first kappa shape index (κ1) is 15.9. The van der Waals surface area contributed by atoms with E-state index in [-0.39, 0.29) is 0 Å². The molecule has 0 fully saturated rings. The Morgan fingerprint density at radius 3 is 2.57 bits per heavy atom. The summed E-state index contributed by atoms with van der Waals surface area (Å²) < 4.78 is 2.16. The maximum Gasteiger partial charge on any atom is 0.110 e. The van der Waals surface area contributed by atoms with E-state index >= 15 is 0 Å². The Morgan fingerprint density at radius 2 is 1.83 bits per heavy atom. The zero-order valence-corrected chi connectivity index (χ0v) is 14.0. The van der Waals surface area contributed by atoms with Crippen molar-refractivity contribution < 1.29 is 0 Å². The molecule has 0 atom stereocenters. The van der Waals surface area contributed by atoms with E-state index in [1.165, 1.54) is 5.56 Å². The average Bonchev–Trinajstić information content (AvgIpc) is 2.86. The van der Waals surface area contributed by atoms with E-state index in [0.29, 0.717) is 16.5 Å². The first-order valence-corrected chi connectivity index (χ1v) is 8.19. The van der Waals surface area contributed by atoms with Crippen molar-refractivity contribution in [1.29, 1.82) is 5.26 Å². The predicted octanol–water partition coefficient (Wildman–Crippen LogP) is 5.24. The van der Waals surface area contributed by atoms with Crippen molar-refractivity contribution in [2.24, 2.45) is 0 Å². The van der Waals surface area contributed by atoms with Crippen LogP contribution in [-0.4, -0.2) is 9.55 Å². The van der Waals surface area contributed by atoms with Crippen LogP contribution in [0, 0.1) is 11.3 Å². The van der Waals surface area contributed by atoms with Crippen LogP contribution in [0.2, 0.25) is 10.0 Å². The topological polar surface area (TPSA) is 41.6 Å². The fourth-order valence-electron chi connectivity index (χ4n) is 2.63. The highest BCUT2D eigenvalue weighted by atomic mass is 35.5. The van der Waals surface area contributed by atoms with Gasteiger partial charge in [0.1, 0.15) is 5.82 Å². The molecule has 1 heterocycles. The molecule has 0 N–H and O–H groups in total. The molecule has 3 rings (SSSR count). The third kappa shape index (κ3) is 3.50. The molecule has 116 valence electrons. The Bertz CT molecular complexity index is 863. The van der Waals surface area contributed by atoms with Crippen LogP contribution in [0.25, 0.3) is 11.0 Å². The molecule has 0 saturated carbocycles. The summed E-state index contributed by atoms with van der Waals surface area (Å²) in [7, 11) is 0. The molecule has 1 aromatic heterocycles. The largest absolute Gasteiger partial charge is 0.323 e. The van der Waals surface area contributed by atoms with Crippen LogP contribution in [0.1, 0.15) is 24.2 Å². The molecular formula is C18H15Cl2N3. The number of aromatic nitrogens is 2. The van der Waals surface area contributed by atoms with Gasteiger partial charge < -0.3 is 4.57 Å². The molecule has 0 unspecified atom stereocenters. The molecule has 0 aliphatic carbocycles. The van der Waals surface area contributed by atoms with Crippen molar-refractivity contribution in [2.75, 3.05) is 0 Å². The van der Waals surface area contributed by atoms with Crippen molar-refractivity contribution in [2.45, 2.75) is 25.8 Å². The van der Waals surface area contributed by atoms with Gasteiger partial charge in [0.15, 0.2) is 0 Å². The van der Waals surface area contributed by atoms with E-state index < -0.39 is 0 Å². The lowest BCUT2D eigenvalue weighted by atomic mass is 10.2. The van der Waals surface area contributed by atoms with Crippen LogP contribution in [0.3, 0.4) is 0 Å². The van der Waals surface area contributed by atoms with Crippen LogP contribution in [0.5, 0.6) is 0 Å². The van der Waals surface area contributed by atoms with Crippen LogP contribution < -0.4 is 0 Å². The highest BCUT2D eigenvalue weighted by Crippen LogP contribution is 2.29. The second-order valence-electron chi connectivity index (χ2n) is 5.37. The van der Waals surface area contributed by atoms with E-state index in [4.69, 9.17) is 33.4 Å². The number of halogens is 2. The van der Waals surface area contributed by atoms with Crippen LogP contribution >= 0.6 is 23.2 Å². The van der Waals surface area contributed by atoms with Gasteiger partial charge in [-0.1, -0.05) is 53.5 Å². The molecule has 3 nitrogen and oxygen atoms in total. The number of hydrogen-bond acceptors (Lipinski definition) is 2. The molecular weight excluding hydrogens is 329 g/mol. The molecule has 23 heavy (non-hydrogen) atoms. The Hall–Kier alpha value is -2.02. The van der Waals surface area contributed by atoms with Crippen LogP contribution in [0.4, 0.5) is 0 Å². The van der Waals surface area contributed by atoms with Crippen LogP contribution in [0.15, 0.2) is 42.5 Å². The van der Waals surface area contributed by atoms with Gasteiger partial charge in [0.2, 0.25) is 0 Å². The molecule has 2 aromatic carbocycles.